The van der Waals surface area contributed by atoms with Crippen LogP contribution in [0.1, 0.15) is 27.6 Å². The molecule has 1 aromatic carbocycles. The summed E-state index contributed by atoms with van der Waals surface area (Å²) in [4.78, 5) is 34.2. The largest absolute Gasteiger partial charge is 0.507 e. The number of phenolic OH excluding ortho intramolecular Hbond substituents is 1. The SMILES string of the molecule is CC(=O)Nc1ccc(O)c2c1C(=O)C=CC2=O. The number of carbonyl (C=O) groups excluding carboxylic acids is 3. The molecule has 0 radical (unpaired) electrons. The van der Waals surface area contributed by atoms with E-state index in [-0.39, 0.29) is 28.5 Å². The van der Waals surface area contributed by atoms with Gasteiger partial charge >= 0.3 is 0 Å². The Morgan fingerprint density at radius 1 is 1.12 bits per heavy atom. The van der Waals surface area contributed by atoms with Crippen LogP contribution in [0.3, 0.4) is 0 Å². The van der Waals surface area contributed by atoms with Crippen LogP contribution in [-0.2, 0) is 4.79 Å². The van der Waals surface area contributed by atoms with E-state index in [0.717, 1.165) is 12.2 Å². The molecule has 1 aliphatic rings. The first-order valence-electron chi connectivity index (χ1n) is 4.91. The Hall–Kier alpha value is -2.43. The summed E-state index contributed by atoms with van der Waals surface area (Å²) >= 11 is 0. The predicted octanol–water partition coefficient (Wildman–Crippen LogP) is 1.29. The molecule has 5 nitrogen and oxygen atoms in total. The number of rotatable bonds is 1. The third-order valence-electron chi connectivity index (χ3n) is 2.37. The summed E-state index contributed by atoms with van der Waals surface area (Å²) in [6.07, 6.45) is 2.22. The molecule has 0 saturated heterocycles. The van der Waals surface area contributed by atoms with Crippen molar-refractivity contribution in [2.24, 2.45) is 0 Å². The first kappa shape index (κ1) is 11.1. The van der Waals surface area contributed by atoms with Crippen LogP contribution in [0.2, 0.25) is 0 Å². The fraction of sp³-hybridized carbons (Fsp3) is 0.0833. The zero-order valence-corrected chi connectivity index (χ0v) is 8.98. The van der Waals surface area contributed by atoms with Gasteiger partial charge in [-0.05, 0) is 24.3 Å². The van der Waals surface area contributed by atoms with Crippen LogP contribution in [0.5, 0.6) is 5.75 Å². The third-order valence-corrected chi connectivity index (χ3v) is 2.37. The average molecular weight is 231 g/mol. The van der Waals surface area contributed by atoms with Crippen LogP contribution < -0.4 is 5.32 Å². The molecule has 1 aliphatic carbocycles. The smallest absolute Gasteiger partial charge is 0.221 e. The van der Waals surface area contributed by atoms with Crippen molar-refractivity contribution >= 4 is 23.2 Å². The molecule has 0 heterocycles. The van der Waals surface area contributed by atoms with Gasteiger partial charge in [-0.2, -0.15) is 0 Å². The summed E-state index contributed by atoms with van der Waals surface area (Å²) in [5, 5.41) is 12.0. The van der Waals surface area contributed by atoms with Gasteiger partial charge in [0.25, 0.3) is 0 Å². The van der Waals surface area contributed by atoms with Gasteiger partial charge in [0, 0.05) is 6.92 Å². The number of allylic oxidation sites excluding steroid dienone is 2. The van der Waals surface area contributed by atoms with Gasteiger partial charge in [-0.1, -0.05) is 0 Å². The second kappa shape index (κ2) is 3.86. The van der Waals surface area contributed by atoms with Gasteiger partial charge in [0.2, 0.25) is 5.91 Å². The maximum atomic E-state index is 11.7. The highest BCUT2D eigenvalue weighted by Crippen LogP contribution is 2.31. The highest BCUT2D eigenvalue weighted by molar-refractivity contribution is 6.25. The summed E-state index contributed by atoms with van der Waals surface area (Å²) in [7, 11) is 0. The standard InChI is InChI=1S/C12H9NO4/c1-6(14)13-7-2-3-9(16)12-10(17)5-4-8(15)11(7)12/h2-5,16H,1H3,(H,13,14). The van der Waals surface area contributed by atoms with Gasteiger partial charge in [0.05, 0.1) is 16.8 Å². The molecule has 1 aromatic rings. The number of ketones is 2. The minimum atomic E-state index is -0.454. The number of nitrogens with one attached hydrogen (secondary N) is 1. The lowest BCUT2D eigenvalue weighted by atomic mass is 9.92. The van der Waals surface area contributed by atoms with Crippen molar-refractivity contribution < 1.29 is 19.5 Å². The number of phenols is 1. The molecule has 1 amide bonds. The highest BCUT2D eigenvalue weighted by Gasteiger charge is 2.25. The molecule has 0 atom stereocenters. The van der Waals surface area contributed by atoms with E-state index in [1.54, 1.807) is 0 Å². The first-order valence-corrected chi connectivity index (χ1v) is 4.91. The molecular formula is C12H9NO4. The lowest BCUT2D eigenvalue weighted by Crippen LogP contribution is -2.17. The quantitative estimate of drug-likeness (QED) is 0.713. The summed E-state index contributed by atoms with van der Waals surface area (Å²) in [6, 6.07) is 2.66. The molecule has 0 fully saturated rings. The molecule has 5 heteroatoms. The van der Waals surface area contributed by atoms with Crippen LogP contribution in [-0.4, -0.2) is 22.6 Å². The number of anilines is 1. The van der Waals surface area contributed by atoms with E-state index < -0.39 is 11.6 Å². The first-order chi connectivity index (χ1) is 8.00. The van der Waals surface area contributed by atoms with Gasteiger partial charge in [0.1, 0.15) is 5.75 Å². The van der Waals surface area contributed by atoms with E-state index in [1.165, 1.54) is 19.1 Å². The number of carbonyl (C=O) groups is 3. The molecule has 0 aliphatic heterocycles. The second-order valence-corrected chi connectivity index (χ2v) is 3.63. The molecule has 0 aromatic heterocycles. The Labute approximate surface area is 96.8 Å². The molecule has 0 saturated carbocycles. The number of benzene rings is 1. The zero-order valence-electron chi connectivity index (χ0n) is 8.98. The molecular weight excluding hydrogens is 222 g/mol. The third kappa shape index (κ3) is 1.82. The second-order valence-electron chi connectivity index (χ2n) is 3.63. The topological polar surface area (TPSA) is 83.5 Å². The monoisotopic (exact) mass is 231 g/mol. The lowest BCUT2D eigenvalue weighted by molar-refractivity contribution is -0.114. The maximum Gasteiger partial charge on any atom is 0.221 e. The molecule has 86 valence electrons. The summed E-state index contributed by atoms with van der Waals surface area (Å²) in [5.74, 6) is -1.49. The molecule has 17 heavy (non-hydrogen) atoms. The van der Waals surface area contributed by atoms with Gasteiger partial charge in [-0.3, -0.25) is 14.4 Å². The predicted molar refractivity (Wildman–Crippen MR) is 60.2 cm³/mol. The van der Waals surface area contributed by atoms with Crippen molar-refractivity contribution in [3.63, 3.8) is 0 Å². The fourth-order valence-electron chi connectivity index (χ4n) is 1.71. The van der Waals surface area contributed by atoms with Crippen LogP contribution in [0, 0.1) is 0 Å². The van der Waals surface area contributed by atoms with Crippen LogP contribution in [0.15, 0.2) is 24.3 Å². The fourth-order valence-corrected chi connectivity index (χ4v) is 1.71. The van der Waals surface area contributed by atoms with Crippen molar-refractivity contribution in [3.8, 4) is 5.75 Å². The Morgan fingerprint density at radius 2 is 1.71 bits per heavy atom. The Balaban J connectivity index is 2.68. The number of aromatic hydroxyl groups is 1. The van der Waals surface area contributed by atoms with E-state index in [1.807, 2.05) is 0 Å². The molecule has 0 spiro atoms. The van der Waals surface area contributed by atoms with Crippen molar-refractivity contribution in [1.82, 2.24) is 0 Å². The van der Waals surface area contributed by atoms with E-state index in [2.05, 4.69) is 5.32 Å². The Kier molecular flexibility index (Phi) is 2.51. The van der Waals surface area contributed by atoms with E-state index in [9.17, 15) is 19.5 Å². The maximum absolute atomic E-state index is 11.7. The van der Waals surface area contributed by atoms with Crippen molar-refractivity contribution in [3.05, 3.63) is 35.4 Å². The van der Waals surface area contributed by atoms with Crippen molar-refractivity contribution in [2.45, 2.75) is 6.92 Å². The number of fused-ring (bicyclic) bond motifs is 1. The van der Waals surface area contributed by atoms with Crippen LogP contribution in [0.25, 0.3) is 0 Å². The number of hydrogen-bond acceptors (Lipinski definition) is 4. The summed E-state index contributed by atoms with van der Waals surface area (Å²) < 4.78 is 0. The van der Waals surface area contributed by atoms with Gasteiger partial charge in [0.15, 0.2) is 11.6 Å². The van der Waals surface area contributed by atoms with Gasteiger partial charge < -0.3 is 10.4 Å². The summed E-state index contributed by atoms with van der Waals surface area (Å²) in [5.41, 5.74) is 0.199. The van der Waals surface area contributed by atoms with E-state index >= 15 is 0 Å². The zero-order chi connectivity index (χ0) is 12.6. The molecule has 2 rings (SSSR count). The highest BCUT2D eigenvalue weighted by atomic mass is 16.3. The van der Waals surface area contributed by atoms with Crippen molar-refractivity contribution in [2.75, 3.05) is 5.32 Å². The Bertz CT molecular complexity index is 572. The Morgan fingerprint density at radius 3 is 2.29 bits per heavy atom. The van der Waals surface area contributed by atoms with E-state index in [0.29, 0.717) is 0 Å². The summed E-state index contributed by atoms with van der Waals surface area (Å²) in [6.45, 7) is 1.30. The lowest BCUT2D eigenvalue weighted by Gasteiger charge is -2.15. The molecule has 0 unspecified atom stereocenters. The van der Waals surface area contributed by atoms with E-state index in [4.69, 9.17) is 0 Å². The van der Waals surface area contributed by atoms with Gasteiger partial charge in [-0.25, -0.2) is 0 Å². The molecule has 2 N–H and O–H groups in total. The number of amides is 1. The molecule has 0 bridgehead atoms. The minimum absolute atomic E-state index is 0.0349. The van der Waals surface area contributed by atoms with Crippen LogP contribution >= 0.6 is 0 Å². The average Bonchev–Trinajstić information content (AvgIpc) is 2.25. The normalized spacial score (nSPS) is 13.5. The van der Waals surface area contributed by atoms with Gasteiger partial charge in [-0.15, -0.1) is 0 Å². The minimum Gasteiger partial charge on any atom is -0.507 e. The van der Waals surface area contributed by atoms with Crippen molar-refractivity contribution in [1.29, 1.82) is 0 Å². The van der Waals surface area contributed by atoms with Crippen LogP contribution in [0.4, 0.5) is 5.69 Å². The number of hydrogen-bond donors (Lipinski definition) is 2.